The predicted octanol–water partition coefficient (Wildman–Crippen LogP) is 3.79. The Balaban J connectivity index is 2.18. The Labute approximate surface area is 106 Å². The van der Waals surface area contributed by atoms with Crippen LogP contribution in [0.15, 0.2) is 5.38 Å². The molecule has 0 radical (unpaired) electrons. The molecule has 0 aliphatic heterocycles. The molecule has 1 aliphatic rings. The van der Waals surface area contributed by atoms with Crippen LogP contribution >= 0.6 is 22.9 Å². The van der Waals surface area contributed by atoms with Crippen LogP contribution in [0.25, 0.3) is 0 Å². The number of halogens is 1. The zero-order valence-electron chi connectivity index (χ0n) is 9.63. The van der Waals surface area contributed by atoms with Gasteiger partial charge in [0.1, 0.15) is 0 Å². The first-order valence-electron chi connectivity index (χ1n) is 5.93. The molecule has 90 valence electrons. The average Bonchev–Trinajstić information content (AvgIpc) is 2.64. The summed E-state index contributed by atoms with van der Waals surface area (Å²) < 4.78 is 0. The van der Waals surface area contributed by atoms with Crippen molar-refractivity contribution in [3.05, 3.63) is 20.8 Å². The van der Waals surface area contributed by atoms with E-state index in [1.165, 1.54) is 37.0 Å². The Hall–Kier alpha value is -0.0900. The summed E-state index contributed by atoms with van der Waals surface area (Å²) in [7, 11) is 0. The van der Waals surface area contributed by atoms with Crippen molar-refractivity contribution in [1.82, 2.24) is 5.43 Å². The Bertz CT molecular complexity index is 345. The maximum absolute atomic E-state index is 6.32. The van der Waals surface area contributed by atoms with E-state index in [9.17, 15) is 0 Å². The number of aryl methyl sites for hydroxylation is 1. The Morgan fingerprint density at radius 2 is 2.12 bits per heavy atom. The third-order valence-electron chi connectivity index (χ3n) is 3.51. The van der Waals surface area contributed by atoms with Gasteiger partial charge in [-0.1, -0.05) is 30.9 Å². The molecule has 16 heavy (non-hydrogen) atoms. The normalized spacial score (nSPS) is 19.9. The van der Waals surface area contributed by atoms with Crippen LogP contribution in [0, 0.1) is 12.8 Å². The summed E-state index contributed by atoms with van der Waals surface area (Å²) in [6, 6.07) is 0.242. The highest BCUT2D eigenvalue weighted by molar-refractivity contribution is 7.10. The van der Waals surface area contributed by atoms with E-state index in [4.69, 9.17) is 17.4 Å². The Morgan fingerprint density at radius 1 is 1.44 bits per heavy atom. The lowest BCUT2D eigenvalue weighted by Crippen LogP contribution is -2.34. The minimum atomic E-state index is 0.242. The van der Waals surface area contributed by atoms with E-state index in [2.05, 4.69) is 17.7 Å². The molecule has 0 saturated heterocycles. The molecule has 1 aromatic heterocycles. The summed E-state index contributed by atoms with van der Waals surface area (Å²) in [4.78, 5) is 1.22. The molecule has 1 heterocycles. The highest BCUT2D eigenvalue weighted by Crippen LogP contribution is 2.40. The number of nitrogens with two attached hydrogens (primary N) is 1. The highest BCUT2D eigenvalue weighted by Gasteiger charge is 2.27. The Kier molecular flexibility index (Phi) is 4.25. The van der Waals surface area contributed by atoms with Crippen molar-refractivity contribution in [3.63, 3.8) is 0 Å². The van der Waals surface area contributed by atoms with E-state index in [-0.39, 0.29) is 6.04 Å². The van der Waals surface area contributed by atoms with Crippen molar-refractivity contribution in [2.75, 3.05) is 0 Å². The second-order valence-electron chi connectivity index (χ2n) is 4.64. The van der Waals surface area contributed by atoms with Crippen LogP contribution < -0.4 is 11.3 Å². The van der Waals surface area contributed by atoms with E-state index in [1.807, 2.05) is 0 Å². The predicted molar refractivity (Wildman–Crippen MR) is 70.7 cm³/mol. The first-order valence-corrected chi connectivity index (χ1v) is 7.19. The first-order chi connectivity index (χ1) is 7.74. The lowest BCUT2D eigenvalue weighted by Gasteiger charge is -2.29. The minimum absolute atomic E-state index is 0.242. The largest absolute Gasteiger partial charge is 0.271 e. The molecule has 0 amide bonds. The van der Waals surface area contributed by atoms with Crippen LogP contribution in [0.1, 0.15) is 48.6 Å². The van der Waals surface area contributed by atoms with Gasteiger partial charge in [0.2, 0.25) is 0 Å². The second-order valence-corrected chi connectivity index (χ2v) is 5.93. The quantitative estimate of drug-likeness (QED) is 0.639. The standard InChI is InChI=1S/C12H19ClN2S/c1-8-7-16-12(10(8)13)11(15-14)9-5-3-2-4-6-9/h7,9,11,15H,2-6,14H2,1H3. The van der Waals surface area contributed by atoms with Gasteiger partial charge in [0.25, 0.3) is 0 Å². The van der Waals surface area contributed by atoms with Gasteiger partial charge in [0.05, 0.1) is 11.1 Å². The third kappa shape index (κ3) is 2.43. The zero-order valence-corrected chi connectivity index (χ0v) is 11.2. The third-order valence-corrected chi connectivity index (χ3v) is 5.31. The van der Waals surface area contributed by atoms with Gasteiger partial charge < -0.3 is 0 Å². The molecule has 1 atom stereocenters. The fraction of sp³-hybridized carbons (Fsp3) is 0.667. The van der Waals surface area contributed by atoms with Crippen molar-refractivity contribution in [2.24, 2.45) is 11.8 Å². The highest BCUT2D eigenvalue weighted by atomic mass is 35.5. The van der Waals surface area contributed by atoms with E-state index in [1.54, 1.807) is 11.3 Å². The first kappa shape index (κ1) is 12.4. The Morgan fingerprint density at radius 3 is 2.62 bits per heavy atom. The summed E-state index contributed by atoms with van der Waals surface area (Å²) in [5.41, 5.74) is 4.13. The van der Waals surface area contributed by atoms with Gasteiger partial charge >= 0.3 is 0 Å². The summed E-state index contributed by atoms with van der Waals surface area (Å²) in [5, 5.41) is 3.02. The summed E-state index contributed by atoms with van der Waals surface area (Å²) in [6.07, 6.45) is 6.55. The van der Waals surface area contributed by atoms with Gasteiger partial charge in [-0.05, 0) is 36.6 Å². The lowest BCUT2D eigenvalue weighted by molar-refractivity contribution is 0.276. The maximum Gasteiger partial charge on any atom is 0.0596 e. The average molecular weight is 259 g/mol. The molecule has 2 rings (SSSR count). The minimum Gasteiger partial charge on any atom is -0.271 e. The summed E-state index contributed by atoms with van der Waals surface area (Å²) in [5.74, 6) is 6.36. The summed E-state index contributed by atoms with van der Waals surface area (Å²) >= 11 is 8.04. The molecule has 4 heteroatoms. The van der Waals surface area contributed by atoms with Gasteiger partial charge in [-0.15, -0.1) is 11.3 Å². The topological polar surface area (TPSA) is 38.0 Å². The van der Waals surface area contributed by atoms with Gasteiger partial charge in [-0.3, -0.25) is 11.3 Å². The van der Waals surface area contributed by atoms with E-state index in [0.29, 0.717) is 5.92 Å². The van der Waals surface area contributed by atoms with Gasteiger partial charge in [0, 0.05) is 4.88 Å². The van der Waals surface area contributed by atoms with Crippen LogP contribution in [-0.4, -0.2) is 0 Å². The van der Waals surface area contributed by atoms with Crippen molar-refractivity contribution in [2.45, 2.75) is 45.1 Å². The van der Waals surface area contributed by atoms with Crippen LogP contribution in [0.5, 0.6) is 0 Å². The van der Waals surface area contributed by atoms with E-state index < -0.39 is 0 Å². The maximum atomic E-state index is 6.32. The molecule has 3 N–H and O–H groups in total. The number of nitrogens with one attached hydrogen (secondary N) is 1. The molecule has 2 nitrogen and oxygen atoms in total. The van der Waals surface area contributed by atoms with Crippen LogP contribution in [-0.2, 0) is 0 Å². The molecular weight excluding hydrogens is 240 g/mol. The SMILES string of the molecule is Cc1csc(C(NN)C2CCCCC2)c1Cl. The number of thiophene rings is 1. The molecule has 0 aromatic carbocycles. The molecule has 1 saturated carbocycles. The molecule has 1 aliphatic carbocycles. The van der Waals surface area contributed by atoms with Crippen molar-refractivity contribution < 1.29 is 0 Å². The number of hydrogen-bond donors (Lipinski definition) is 2. The van der Waals surface area contributed by atoms with E-state index in [0.717, 1.165) is 10.6 Å². The van der Waals surface area contributed by atoms with Crippen molar-refractivity contribution >= 4 is 22.9 Å². The van der Waals surface area contributed by atoms with Gasteiger partial charge in [-0.25, -0.2) is 0 Å². The molecular formula is C12H19ClN2S. The lowest BCUT2D eigenvalue weighted by atomic mass is 9.83. The van der Waals surface area contributed by atoms with Crippen molar-refractivity contribution in [1.29, 1.82) is 0 Å². The van der Waals surface area contributed by atoms with Crippen molar-refractivity contribution in [3.8, 4) is 0 Å². The van der Waals surface area contributed by atoms with Gasteiger partial charge in [0.15, 0.2) is 0 Å². The summed E-state index contributed by atoms with van der Waals surface area (Å²) in [6.45, 7) is 2.05. The fourth-order valence-electron chi connectivity index (χ4n) is 2.55. The number of hydrazine groups is 1. The number of hydrogen-bond acceptors (Lipinski definition) is 3. The monoisotopic (exact) mass is 258 g/mol. The molecule has 0 bridgehead atoms. The molecule has 1 unspecified atom stereocenters. The van der Waals surface area contributed by atoms with Crippen LogP contribution in [0.3, 0.4) is 0 Å². The van der Waals surface area contributed by atoms with Crippen LogP contribution in [0.4, 0.5) is 0 Å². The second kappa shape index (κ2) is 5.50. The number of rotatable bonds is 3. The molecule has 1 fully saturated rings. The van der Waals surface area contributed by atoms with E-state index >= 15 is 0 Å². The smallest absolute Gasteiger partial charge is 0.0596 e. The molecule has 1 aromatic rings. The zero-order chi connectivity index (χ0) is 11.5. The molecule has 0 spiro atoms. The van der Waals surface area contributed by atoms with Gasteiger partial charge in [-0.2, -0.15) is 0 Å². The van der Waals surface area contributed by atoms with Crippen LogP contribution in [0.2, 0.25) is 5.02 Å². The fourth-order valence-corrected chi connectivity index (χ4v) is 4.02.